The van der Waals surface area contributed by atoms with Gasteiger partial charge in [-0.15, -0.1) is 11.3 Å². The van der Waals surface area contributed by atoms with E-state index in [0.29, 0.717) is 23.6 Å². The summed E-state index contributed by atoms with van der Waals surface area (Å²) in [6.07, 6.45) is 0. The maximum Gasteiger partial charge on any atom is 0.331 e. The minimum absolute atomic E-state index is 0.341. The lowest BCUT2D eigenvalue weighted by atomic mass is 9.75. The maximum atomic E-state index is 14.0. The van der Waals surface area contributed by atoms with Crippen LogP contribution in [0.4, 0.5) is 5.69 Å². The Morgan fingerprint density at radius 3 is 2.38 bits per heavy atom. The van der Waals surface area contributed by atoms with E-state index in [1.807, 2.05) is 30.5 Å². The van der Waals surface area contributed by atoms with Crippen molar-refractivity contribution in [1.82, 2.24) is 5.32 Å². The van der Waals surface area contributed by atoms with Crippen LogP contribution in [0.15, 0.2) is 72.1 Å². The molecule has 5 rings (SSSR count). The summed E-state index contributed by atoms with van der Waals surface area (Å²) in [4.78, 5) is 43.3. The second-order valence-corrected chi connectivity index (χ2v) is 9.22. The Hall–Kier alpha value is -3.49. The highest BCUT2D eigenvalue weighted by Crippen LogP contribution is 2.54. The van der Waals surface area contributed by atoms with Crippen molar-refractivity contribution in [1.29, 1.82) is 0 Å². The van der Waals surface area contributed by atoms with E-state index in [0.717, 1.165) is 4.88 Å². The first-order chi connectivity index (χ1) is 16.5. The lowest BCUT2D eigenvalue weighted by molar-refractivity contribution is -0.152. The number of amides is 2. The zero-order valence-corrected chi connectivity index (χ0v) is 19.6. The van der Waals surface area contributed by atoms with Gasteiger partial charge < -0.3 is 9.47 Å². The predicted octanol–water partition coefficient (Wildman–Crippen LogP) is 3.67. The minimum atomic E-state index is -1.50. The van der Waals surface area contributed by atoms with Crippen molar-refractivity contribution in [2.24, 2.45) is 11.8 Å². The first kappa shape index (κ1) is 22.3. The topological polar surface area (TPSA) is 84.9 Å². The molecule has 2 aliphatic rings. The molecular weight excluding hydrogens is 452 g/mol. The van der Waals surface area contributed by atoms with Gasteiger partial charge in [0.15, 0.2) is 5.54 Å². The van der Waals surface area contributed by atoms with Crippen LogP contribution in [-0.2, 0) is 24.7 Å². The molecule has 2 aromatic carbocycles. The monoisotopic (exact) mass is 476 g/mol. The number of methoxy groups -OCH3 is 1. The van der Waals surface area contributed by atoms with Crippen molar-refractivity contribution in [3.05, 3.63) is 82.6 Å². The Morgan fingerprint density at radius 1 is 1.03 bits per heavy atom. The standard InChI is InChI=1S/C26H24N2O5S/c1-3-33-18-13-11-17(12-14-18)28-23(29)20-21(24(28)30)26(25(31)32-2,16-8-5-4-6-9-16)27-22(20)19-10-7-15-34-19/h4-15,20-22,27H,3H2,1-2H3/t20-,21+,22-,26-/m0/s1. The number of benzene rings is 2. The van der Waals surface area contributed by atoms with Crippen LogP contribution in [0.1, 0.15) is 23.4 Å². The van der Waals surface area contributed by atoms with Gasteiger partial charge in [0.25, 0.3) is 0 Å². The second-order valence-electron chi connectivity index (χ2n) is 8.25. The van der Waals surface area contributed by atoms with Crippen LogP contribution in [0.5, 0.6) is 5.75 Å². The molecule has 34 heavy (non-hydrogen) atoms. The summed E-state index contributed by atoms with van der Waals surface area (Å²) >= 11 is 1.48. The Balaban J connectivity index is 1.66. The Kier molecular flexibility index (Phi) is 5.71. The maximum absolute atomic E-state index is 14.0. The molecule has 0 radical (unpaired) electrons. The van der Waals surface area contributed by atoms with E-state index in [4.69, 9.17) is 9.47 Å². The summed E-state index contributed by atoms with van der Waals surface area (Å²) in [6, 6.07) is 19.2. The number of ether oxygens (including phenoxy) is 2. The summed E-state index contributed by atoms with van der Waals surface area (Å²) in [7, 11) is 1.30. The third-order valence-corrected chi connectivity index (χ3v) is 7.51. The van der Waals surface area contributed by atoms with Gasteiger partial charge >= 0.3 is 5.97 Å². The average molecular weight is 477 g/mol. The van der Waals surface area contributed by atoms with E-state index in [1.165, 1.54) is 23.3 Å². The zero-order chi connectivity index (χ0) is 23.9. The molecule has 0 bridgehead atoms. The number of imide groups is 1. The molecule has 4 atom stereocenters. The van der Waals surface area contributed by atoms with Gasteiger partial charge in [0.1, 0.15) is 5.75 Å². The van der Waals surface area contributed by atoms with E-state index in [2.05, 4.69) is 5.32 Å². The number of esters is 1. The highest BCUT2D eigenvalue weighted by atomic mass is 32.1. The van der Waals surface area contributed by atoms with E-state index < -0.39 is 35.3 Å². The van der Waals surface area contributed by atoms with Crippen molar-refractivity contribution in [2.45, 2.75) is 18.5 Å². The van der Waals surface area contributed by atoms with E-state index in [9.17, 15) is 14.4 Å². The molecule has 3 aromatic rings. The fraction of sp³-hybridized carbons (Fsp3) is 0.269. The summed E-state index contributed by atoms with van der Waals surface area (Å²) in [5.41, 5.74) is -0.461. The molecule has 1 N–H and O–H groups in total. The molecule has 0 spiro atoms. The molecule has 2 amide bonds. The minimum Gasteiger partial charge on any atom is -0.494 e. The van der Waals surface area contributed by atoms with Crippen molar-refractivity contribution in [3.63, 3.8) is 0 Å². The SMILES string of the molecule is CCOc1ccc(N2C(=O)[C@@H]3[C@H](c4cccs4)N[C@@](C(=O)OC)(c4ccccc4)[C@H]3C2=O)cc1. The van der Waals surface area contributed by atoms with Gasteiger partial charge in [-0.25, -0.2) is 9.69 Å². The molecule has 174 valence electrons. The fourth-order valence-electron chi connectivity index (χ4n) is 5.16. The number of fused-ring (bicyclic) bond motifs is 1. The lowest BCUT2D eigenvalue weighted by Crippen LogP contribution is -2.53. The molecule has 0 saturated carbocycles. The van der Waals surface area contributed by atoms with Crippen molar-refractivity contribution < 1.29 is 23.9 Å². The number of hydrogen-bond donors (Lipinski definition) is 1. The molecule has 7 nitrogen and oxygen atoms in total. The molecule has 0 unspecified atom stereocenters. The molecule has 1 aromatic heterocycles. The molecule has 2 saturated heterocycles. The van der Waals surface area contributed by atoms with Crippen LogP contribution in [-0.4, -0.2) is 31.5 Å². The highest BCUT2D eigenvalue weighted by molar-refractivity contribution is 7.10. The molecule has 3 heterocycles. The van der Waals surface area contributed by atoms with Crippen LogP contribution in [0.25, 0.3) is 0 Å². The third-order valence-electron chi connectivity index (χ3n) is 6.55. The largest absolute Gasteiger partial charge is 0.494 e. The summed E-state index contributed by atoms with van der Waals surface area (Å²) in [5.74, 6) is -2.45. The van der Waals surface area contributed by atoms with Crippen molar-refractivity contribution >= 4 is 34.8 Å². The number of anilines is 1. The molecule has 2 fully saturated rings. The van der Waals surface area contributed by atoms with Crippen molar-refractivity contribution in [3.8, 4) is 5.75 Å². The number of nitrogens with one attached hydrogen (secondary N) is 1. The van der Waals surface area contributed by atoms with E-state index >= 15 is 0 Å². The van der Waals surface area contributed by atoms with Crippen LogP contribution < -0.4 is 15.0 Å². The van der Waals surface area contributed by atoms with Crippen LogP contribution in [0.3, 0.4) is 0 Å². The highest BCUT2D eigenvalue weighted by Gasteiger charge is 2.69. The van der Waals surface area contributed by atoms with Gasteiger partial charge in [-0.05, 0) is 48.2 Å². The number of carbonyl (C=O) groups excluding carboxylic acids is 3. The lowest BCUT2D eigenvalue weighted by Gasteiger charge is -2.32. The smallest absolute Gasteiger partial charge is 0.331 e. The molecular formula is C26H24N2O5S. The number of nitrogens with zero attached hydrogens (tertiary/aromatic N) is 1. The second kappa shape index (κ2) is 8.70. The molecule has 0 aliphatic carbocycles. The van der Waals surface area contributed by atoms with Gasteiger partial charge in [-0.3, -0.25) is 14.9 Å². The summed E-state index contributed by atoms with van der Waals surface area (Å²) in [6.45, 7) is 2.40. The average Bonchev–Trinajstić information content (AvgIpc) is 3.57. The normalized spacial score (nSPS) is 25.9. The molecule has 2 aliphatic heterocycles. The number of carbonyl (C=O) groups is 3. The summed E-state index contributed by atoms with van der Waals surface area (Å²) < 4.78 is 10.7. The number of rotatable bonds is 6. The van der Waals surface area contributed by atoms with Crippen LogP contribution >= 0.6 is 11.3 Å². The Labute approximate surface area is 201 Å². The zero-order valence-electron chi connectivity index (χ0n) is 18.8. The number of thiophene rings is 1. The van der Waals surface area contributed by atoms with E-state index in [1.54, 1.807) is 48.5 Å². The van der Waals surface area contributed by atoms with Gasteiger partial charge in [0.2, 0.25) is 11.8 Å². The van der Waals surface area contributed by atoms with Gasteiger partial charge in [-0.1, -0.05) is 36.4 Å². The molecule has 8 heteroatoms. The van der Waals surface area contributed by atoms with Gasteiger partial charge in [0, 0.05) is 4.88 Å². The third kappa shape index (κ3) is 3.25. The Morgan fingerprint density at radius 2 is 1.76 bits per heavy atom. The fourth-order valence-corrected chi connectivity index (χ4v) is 5.99. The van der Waals surface area contributed by atoms with Crippen LogP contribution in [0.2, 0.25) is 0 Å². The summed E-state index contributed by atoms with van der Waals surface area (Å²) in [5, 5.41) is 5.30. The van der Waals surface area contributed by atoms with E-state index in [-0.39, 0.29) is 5.91 Å². The predicted molar refractivity (Wildman–Crippen MR) is 127 cm³/mol. The number of hydrogen-bond acceptors (Lipinski definition) is 7. The van der Waals surface area contributed by atoms with Crippen LogP contribution in [0, 0.1) is 11.8 Å². The van der Waals surface area contributed by atoms with Gasteiger partial charge in [-0.2, -0.15) is 0 Å². The van der Waals surface area contributed by atoms with Crippen molar-refractivity contribution in [2.75, 3.05) is 18.6 Å². The Bertz CT molecular complexity index is 1210. The van der Waals surface area contributed by atoms with Gasteiger partial charge in [0.05, 0.1) is 37.3 Å². The quantitative estimate of drug-likeness (QED) is 0.432. The first-order valence-electron chi connectivity index (χ1n) is 11.1. The first-order valence-corrected chi connectivity index (χ1v) is 12.0.